The molecule has 0 saturated carbocycles. The molecule has 2 aromatic rings. The third kappa shape index (κ3) is 13.4. The van der Waals surface area contributed by atoms with Crippen molar-refractivity contribution in [2.45, 2.75) is 59.3 Å². The van der Waals surface area contributed by atoms with Crippen molar-refractivity contribution in [3.8, 4) is 0 Å². The van der Waals surface area contributed by atoms with Gasteiger partial charge in [-0.2, -0.15) is 0 Å². The Balaban J connectivity index is 0.000000543. The van der Waals surface area contributed by atoms with Crippen LogP contribution in [0, 0.1) is 19.3 Å². The smallest absolute Gasteiger partial charge is 0.218 e. The Labute approximate surface area is 206 Å². The van der Waals surface area contributed by atoms with E-state index in [1.165, 1.54) is 21.8 Å². The summed E-state index contributed by atoms with van der Waals surface area (Å²) in [6.07, 6.45) is 5.53. The lowest BCUT2D eigenvalue weighted by Crippen LogP contribution is -2.25. The predicted octanol–water partition coefficient (Wildman–Crippen LogP) is 6.71. The van der Waals surface area contributed by atoms with Crippen molar-refractivity contribution in [1.82, 2.24) is 5.06 Å². The molecule has 1 amide bonds. The van der Waals surface area contributed by atoms with Gasteiger partial charge in [-0.1, -0.05) is 104 Å². The first-order valence-electron chi connectivity index (χ1n) is 11.6. The first kappa shape index (κ1) is 30.8. The van der Waals surface area contributed by atoms with Gasteiger partial charge in [0.2, 0.25) is 5.91 Å². The Morgan fingerprint density at radius 3 is 1.97 bits per heavy atom. The van der Waals surface area contributed by atoms with Gasteiger partial charge in [-0.15, -0.1) is 0 Å². The topological polar surface area (TPSA) is 79.4 Å². The molecule has 5 nitrogen and oxygen atoms in total. The van der Waals surface area contributed by atoms with Crippen molar-refractivity contribution in [3.05, 3.63) is 95.6 Å². The molecule has 3 N–H and O–H groups in total. The first-order valence-corrected chi connectivity index (χ1v) is 11.6. The summed E-state index contributed by atoms with van der Waals surface area (Å²) in [5, 5.41) is 9.13. The van der Waals surface area contributed by atoms with Crippen LogP contribution in [0.5, 0.6) is 0 Å². The molecule has 186 valence electrons. The van der Waals surface area contributed by atoms with Gasteiger partial charge in [0, 0.05) is 19.0 Å². The van der Waals surface area contributed by atoms with Crippen molar-refractivity contribution in [2.24, 2.45) is 5.73 Å². The van der Waals surface area contributed by atoms with Crippen LogP contribution in [0.1, 0.15) is 67.7 Å². The van der Waals surface area contributed by atoms with Crippen LogP contribution in [0.15, 0.2) is 73.3 Å². The molecule has 0 spiro atoms. The molecule has 0 heterocycles. The van der Waals surface area contributed by atoms with Crippen LogP contribution in [0.2, 0.25) is 0 Å². The van der Waals surface area contributed by atoms with Crippen LogP contribution in [0.3, 0.4) is 0 Å². The molecule has 1 unspecified atom stereocenters. The summed E-state index contributed by atoms with van der Waals surface area (Å²) in [5.74, 6) is 0.447. The first-order chi connectivity index (χ1) is 16.0. The quantitative estimate of drug-likeness (QED) is 0.187. The molecule has 5 heteroatoms. The highest BCUT2D eigenvalue weighted by molar-refractivity contribution is 5.95. The lowest BCUT2D eigenvalue weighted by atomic mass is 9.90. The van der Waals surface area contributed by atoms with E-state index in [-0.39, 0.29) is 11.8 Å². The van der Waals surface area contributed by atoms with Crippen molar-refractivity contribution < 1.29 is 9.63 Å². The number of hydrogen-bond donors (Lipinski definition) is 2. The van der Waals surface area contributed by atoms with Gasteiger partial charge in [-0.3, -0.25) is 15.0 Å². The summed E-state index contributed by atoms with van der Waals surface area (Å²) in [7, 11) is 3.25. The minimum atomic E-state index is -0.207. The molecule has 1 atom stereocenters. The molecule has 0 aliphatic heterocycles. The fraction of sp³-hybridized carbons (Fsp3) is 0.379. The number of amides is 1. The molecule has 0 aliphatic carbocycles. The molecule has 0 aliphatic rings. The third-order valence-corrected chi connectivity index (χ3v) is 5.16. The number of hydroxylamine groups is 2. The Hall–Kier alpha value is -3.18. The summed E-state index contributed by atoms with van der Waals surface area (Å²) in [4.78, 5) is 15.9. The Bertz CT molecular complexity index is 887. The van der Waals surface area contributed by atoms with Gasteiger partial charge in [0.25, 0.3) is 0 Å². The second-order valence-electron chi connectivity index (χ2n) is 8.37. The van der Waals surface area contributed by atoms with E-state index in [4.69, 9.17) is 16.0 Å². The van der Waals surface area contributed by atoms with Crippen LogP contribution >= 0.6 is 0 Å². The lowest BCUT2D eigenvalue weighted by molar-refractivity contribution is -0.118. The van der Waals surface area contributed by atoms with Crippen molar-refractivity contribution in [1.29, 1.82) is 5.41 Å². The zero-order valence-corrected chi connectivity index (χ0v) is 21.9. The summed E-state index contributed by atoms with van der Waals surface area (Å²) < 4.78 is 0. The highest BCUT2D eigenvalue weighted by Crippen LogP contribution is 2.25. The SMILES string of the molecule is C=CC(=C)C.CCCCC(CC(N)=O)c1ccc(C)cc1.CON(C)C(=N)c1ccc(C)cc1. The van der Waals surface area contributed by atoms with Gasteiger partial charge in [-0.25, -0.2) is 5.06 Å². The summed E-state index contributed by atoms with van der Waals surface area (Å²) in [6.45, 7) is 15.2. The number of carbonyl (C=O) groups excluding carboxylic acids is 1. The Morgan fingerprint density at radius 1 is 1.12 bits per heavy atom. The van der Waals surface area contributed by atoms with Gasteiger partial charge >= 0.3 is 0 Å². The zero-order chi connectivity index (χ0) is 26.1. The predicted molar refractivity (Wildman–Crippen MR) is 145 cm³/mol. The maximum Gasteiger partial charge on any atom is 0.218 e. The molecule has 2 aromatic carbocycles. The fourth-order valence-electron chi connectivity index (χ4n) is 2.90. The van der Waals surface area contributed by atoms with E-state index in [0.717, 1.165) is 30.4 Å². The Kier molecular flexibility index (Phi) is 15.7. The van der Waals surface area contributed by atoms with Gasteiger partial charge in [0.05, 0.1) is 7.11 Å². The van der Waals surface area contributed by atoms with Crippen LogP contribution in [-0.4, -0.2) is 31.0 Å². The van der Waals surface area contributed by atoms with E-state index in [1.807, 2.05) is 38.1 Å². The number of allylic oxidation sites excluding steroid dienone is 2. The number of benzene rings is 2. The number of rotatable bonds is 9. The monoisotopic (exact) mass is 465 g/mol. The summed E-state index contributed by atoms with van der Waals surface area (Å²) in [5.41, 5.74) is 10.8. The molecule has 0 radical (unpaired) electrons. The van der Waals surface area contributed by atoms with Gasteiger partial charge in [0.1, 0.15) is 0 Å². The normalized spacial score (nSPS) is 10.5. The minimum Gasteiger partial charge on any atom is -0.370 e. The molecule has 0 aromatic heterocycles. The molecular weight excluding hydrogens is 422 g/mol. The second-order valence-corrected chi connectivity index (χ2v) is 8.37. The largest absolute Gasteiger partial charge is 0.370 e. The number of nitrogens with zero attached hydrogens (tertiary/aromatic N) is 1. The number of nitrogens with one attached hydrogen (secondary N) is 1. The summed E-state index contributed by atoms with van der Waals surface area (Å²) in [6, 6.07) is 16.2. The van der Waals surface area contributed by atoms with Crippen LogP contribution < -0.4 is 5.73 Å². The third-order valence-electron chi connectivity index (χ3n) is 5.16. The molecule has 34 heavy (non-hydrogen) atoms. The highest BCUT2D eigenvalue weighted by Gasteiger charge is 2.13. The van der Waals surface area contributed by atoms with Crippen LogP contribution in [-0.2, 0) is 9.63 Å². The number of primary amides is 1. The van der Waals surface area contributed by atoms with Crippen molar-refractivity contribution >= 4 is 11.7 Å². The van der Waals surface area contributed by atoms with Gasteiger partial charge < -0.3 is 5.73 Å². The molecular formula is C29H43N3O2. The second kappa shape index (κ2) is 17.3. The lowest BCUT2D eigenvalue weighted by Gasteiger charge is -2.16. The summed E-state index contributed by atoms with van der Waals surface area (Å²) >= 11 is 0. The van der Waals surface area contributed by atoms with Gasteiger partial charge in [-0.05, 0) is 38.7 Å². The number of amidine groups is 1. The fourth-order valence-corrected chi connectivity index (χ4v) is 2.90. The number of aryl methyl sites for hydroxylation is 2. The number of carbonyl (C=O) groups is 1. The molecule has 0 bridgehead atoms. The number of hydrogen-bond acceptors (Lipinski definition) is 3. The Morgan fingerprint density at radius 2 is 1.59 bits per heavy atom. The number of nitrogens with two attached hydrogens (primary N) is 1. The van der Waals surface area contributed by atoms with Gasteiger partial charge in [0.15, 0.2) is 5.84 Å². The van der Waals surface area contributed by atoms with Crippen LogP contribution in [0.25, 0.3) is 0 Å². The van der Waals surface area contributed by atoms with E-state index in [9.17, 15) is 4.79 Å². The average molecular weight is 466 g/mol. The highest BCUT2D eigenvalue weighted by atomic mass is 16.7. The maximum absolute atomic E-state index is 11.0. The van der Waals surface area contributed by atoms with E-state index >= 15 is 0 Å². The standard InChI is InChI=1S/C14H21NO.C10H14N2O.C5H8/c1-3-4-5-13(10-14(15)16)12-8-6-11(2)7-9-12;1-8-4-6-9(7-5-8)10(11)12(2)13-3;1-4-5(2)3/h6-9,13H,3-5,10H2,1-2H3,(H2,15,16);4-7,11H,1-3H3;4H,1-2H2,3H3. The molecule has 2 rings (SSSR count). The zero-order valence-electron chi connectivity index (χ0n) is 21.9. The van der Waals surface area contributed by atoms with Crippen LogP contribution in [0.4, 0.5) is 0 Å². The maximum atomic E-state index is 11.0. The van der Waals surface area contributed by atoms with E-state index < -0.39 is 0 Å². The number of unbranched alkanes of at least 4 members (excludes halogenated alkanes) is 1. The van der Waals surface area contributed by atoms with Crippen molar-refractivity contribution in [2.75, 3.05) is 14.2 Å². The minimum absolute atomic E-state index is 0.207. The average Bonchev–Trinajstić information content (AvgIpc) is 2.82. The van der Waals surface area contributed by atoms with E-state index in [0.29, 0.717) is 12.3 Å². The van der Waals surface area contributed by atoms with E-state index in [1.54, 1.807) is 20.2 Å². The molecule has 0 saturated heterocycles. The van der Waals surface area contributed by atoms with E-state index in [2.05, 4.69) is 51.3 Å². The van der Waals surface area contributed by atoms with Crippen molar-refractivity contribution in [3.63, 3.8) is 0 Å². The molecule has 0 fully saturated rings.